The Morgan fingerprint density at radius 1 is 1.08 bits per heavy atom. The number of rotatable bonds is 6. The summed E-state index contributed by atoms with van der Waals surface area (Å²) in [5, 5.41) is 2.77. The molecule has 1 heterocycles. The minimum absolute atomic E-state index is 0.140. The van der Waals surface area contributed by atoms with Gasteiger partial charge in [0, 0.05) is 17.8 Å². The molecule has 1 aromatic heterocycles. The topological polar surface area (TPSA) is 71.2 Å². The lowest BCUT2D eigenvalue weighted by molar-refractivity contribution is -0.121. The van der Waals surface area contributed by atoms with Crippen LogP contribution in [0.4, 0.5) is 0 Å². The Balaban J connectivity index is 1.83. The number of hydrogen-bond donors (Lipinski definition) is 2. The molecule has 0 aliphatic heterocycles. The molecule has 0 aliphatic carbocycles. The number of ether oxygens (including phenoxy) is 1. The van der Waals surface area contributed by atoms with Crippen molar-refractivity contribution in [1.82, 2.24) is 10.3 Å². The van der Waals surface area contributed by atoms with E-state index in [0.717, 1.165) is 28.1 Å². The summed E-state index contributed by atoms with van der Waals surface area (Å²) in [4.78, 5) is 26.6. The number of carbonyl (C=O) groups is 1. The normalized spacial score (nSPS) is 10.5. The second kappa shape index (κ2) is 7.81. The molecule has 128 valence electrons. The first kappa shape index (κ1) is 17.8. The predicted octanol–water partition coefficient (Wildman–Crippen LogP) is 2.69. The number of pyridine rings is 1. The van der Waals surface area contributed by atoms with Gasteiger partial charge >= 0.3 is 0 Å². The monoisotopic (exact) mass is 328 g/mol. The van der Waals surface area contributed by atoms with Gasteiger partial charge in [0.05, 0.1) is 13.0 Å². The number of aromatic amines is 1. The van der Waals surface area contributed by atoms with Crippen LogP contribution < -0.4 is 15.6 Å². The average Bonchev–Trinajstić information content (AvgIpc) is 2.45. The van der Waals surface area contributed by atoms with E-state index < -0.39 is 0 Å². The molecule has 1 amide bonds. The molecule has 0 saturated carbocycles. The van der Waals surface area contributed by atoms with Crippen molar-refractivity contribution >= 4 is 5.91 Å². The third-order valence-electron chi connectivity index (χ3n) is 3.75. The highest BCUT2D eigenvalue weighted by molar-refractivity contribution is 5.76. The summed E-state index contributed by atoms with van der Waals surface area (Å²) in [5.74, 6) is 0.630. The van der Waals surface area contributed by atoms with Gasteiger partial charge in [0.15, 0.2) is 0 Å². The van der Waals surface area contributed by atoms with Crippen LogP contribution in [0, 0.1) is 27.7 Å². The van der Waals surface area contributed by atoms with Gasteiger partial charge in [-0.2, -0.15) is 0 Å². The van der Waals surface area contributed by atoms with Crippen molar-refractivity contribution in [3.05, 3.63) is 62.6 Å². The molecule has 0 fully saturated rings. The average molecular weight is 328 g/mol. The second-order valence-corrected chi connectivity index (χ2v) is 6.14. The number of nitrogens with one attached hydrogen (secondary N) is 2. The number of amides is 1. The minimum atomic E-state index is -0.153. The van der Waals surface area contributed by atoms with Crippen LogP contribution in [0.5, 0.6) is 5.75 Å². The summed E-state index contributed by atoms with van der Waals surface area (Å²) in [6, 6.07) is 7.85. The standard InChI is InChI=1S/C19H24N2O3/c1-12-7-13(2)9-16(8-12)24-6-5-18(22)20-11-17-14(3)10-15(4)21-19(17)23/h7-10H,5-6,11H2,1-4H3,(H,20,22)(H,21,23). The van der Waals surface area contributed by atoms with Crippen LogP contribution in [0.25, 0.3) is 0 Å². The highest BCUT2D eigenvalue weighted by Gasteiger charge is 2.08. The number of aryl methyl sites for hydroxylation is 4. The third kappa shape index (κ3) is 4.98. The van der Waals surface area contributed by atoms with Gasteiger partial charge in [-0.15, -0.1) is 0 Å². The van der Waals surface area contributed by atoms with Crippen LogP contribution in [-0.2, 0) is 11.3 Å². The van der Waals surface area contributed by atoms with E-state index in [2.05, 4.69) is 16.4 Å². The summed E-state index contributed by atoms with van der Waals surface area (Å²) in [5.41, 5.74) is 4.38. The van der Waals surface area contributed by atoms with E-state index in [9.17, 15) is 9.59 Å². The first-order valence-corrected chi connectivity index (χ1v) is 8.02. The molecule has 2 N–H and O–H groups in total. The Kier molecular flexibility index (Phi) is 5.79. The first-order valence-electron chi connectivity index (χ1n) is 8.02. The first-order chi connectivity index (χ1) is 11.3. The number of benzene rings is 1. The summed E-state index contributed by atoms with van der Waals surface area (Å²) < 4.78 is 5.62. The Hall–Kier alpha value is -2.56. The maximum atomic E-state index is 11.9. The van der Waals surface area contributed by atoms with E-state index in [1.807, 2.05) is 45.9 Å². The van der Waals surface area contributed by atoms with Gasteiger partial charge in [0.1, 0.15) is 5.75 Å². The second-order valence-electron chi connectivity index (χ2n) is 6.14. The zero-order valence-electron chi connectivity index (χ0n) is 14.7. The van der Waals surface area contributed by atoms with Crippen LogP contribution in [-0.4, -0.2) is 17.5 Å². The number of H-pyrrole nitrogens is 1. The summed E-state index contributed by atoms with van der Waals surface area (Å²) >= 11 is 0. The van der Waals surface area contributed by atoms with Gasteiger partial charge in [-0.1, -0.05) is 6.07 Å². The smallest absolute Gasteiger partial charge is 0.253 e. The molecule has 0 atom stereocenters. The van der Waals surface area contributed by atoms with E-state index in [4.69, 9.17) is 4.74 Å². The zero-order chi connectivity index (χ0) is 17.7. The third-order valence-corrected chi connectivity index (χ3v) is 3.75. The molecule has 0 spiro atoms. The largest absolute Gasteiger partial charge is 0.493 e. The van der Waals surface area contributed by atoms with Gasteiger partial charge in [-0.05, 0) is 62.6 Å². The fraction of sp³-hybridized carbons (Fsp3) is 0.368. The maximum absolute atomic E-state index is 11.9. The van der Waals surface area contributed by atoms with Crippen LogP contribution >= 0.6 is 0 Å². The Morgan fingerprint density at radius 2 is 1.75 bits per heavy atom. The van der Waals surface area contributed by atoms with Crippen molar-refractivity contribution < 1.29 is 9.53 Å². The Bertz CT molecular complexity index is 773. The highest BCUT2D eigenvalue weighted by Crippen LogP contribution is 2.16. The minimum Gasteiger partial charge on any atom is -0.493 e. The molecule has 0 aliphatic rings. The molecule has 0 bridgehead atoms. The molecule has 0 saturated heterocycles. The summed E-state index contributed by atoms with van der Waals surface area (Å²) in [7, 11) is 0. The van der Waals surface area contributed by atoms with Crippen molar-refractivity contribution in [1.29, 1.82) is 0 Å². The van der Waals surface area contributed by atoms with Crippen molar-refractivity contribution in [3.63, 3.8) is 0 Å². The van der Waals surface area contributed by atoms with Crippen LogP contribution in [0.2, 0.25) is 0 Å². The van der Waals surface area contributed by atoms with E-state index in [-0.39, 0.29) is 24.4 Å². The Labute approximate surface area is 142 Å². The lowest BCUT2D eigenvalue weighted by atomic mass is 10.1. The van der Waals surface area contributed by atoms with E-state index >= 15 is 0 Å². The van der Waals surface area contributed by atoms with E-state index in [0.29, 0.717) is 12.2 Å². The SMILES string of the molecule is Cc1cc(C)cc(OCCC(=O)NCc2c(C)cc(C)[nH]c2=O)c1. The molecule has 2 rings (SSSR count). The molecule has 5 nitrogen and oxygen atoms in total. The van der Waals surface area contributed by atoms with Gasteiger partial charge in [-0.25, -0.2) is 0 Å². The molecule has 2 aromatic rings. The summed E-state index contributed by atoms with van der Waals surface area (Å²) in [6.45, 7) is 8.25. The van der Waals surface area contributed by atoms with E-state index in [1.165, 1.54) is 0 Å². The molecule has 0 radical (unpaired) electrons. The molecule has 0 unspecified atom stereocenters. The fourth-order valence-corrected chi connectivity index (χ4v) is 2.65. The van der Waals surface area contributed by atoms with Gasteiger partial charge < -0.3 is 15.0 Å². The number of hydrogen-bond acceptors (Lipinski definition) is 3. The lowest BCUT2D eigenvalue weighted by Gasteiger charge is -2.10. The van der Waals surface area contributed by atoms with Crippen LogP contribution in [0.1, 0.15) is 34.4 Å². The van der Waals surface area contributed by atoms with Gasteiger partial charge in [-0.3, -0.25) is 9.59 Å². The lowest BCUT2D eigenvalue weighted by Crippen LogP contribution is -2.28. The van der Waals surface area contributed by atoms with Crippen molar-refractivity contribution in [2.24, 2.45) is 0 Å². The molecular weight excluding hydrogens is 304 g/mol. The van der Waals surface area contributed by atoms with Gasteiger partial charge in [0.25, 0.3) is 5.56 Å². The van der Waals surface area contributed by atoms with Crippen molar-refractivity contribution in [2.75, 3.05) is 6.61 Å². The predicted molar refractivity (Wildman–Crippen MR) is 94.4 cm³/mol. The quantitative estimate of drug-likeness (QED) is 0.856. The number of aromatic nitrogens is 1. The van der Waals surface area contributed by atoms with Gasteiger partial charge in [0.2, 0.25) is 5.91 Å². The highest BCUT2D eigenvalue weighted by atomic mass is 16.5. The number of carbonyl (C=O) groups excluding carboxylic acids is 1. The zero-order valence-corrected chi connectivity index (χ0v) is 14.7. The molecule has 5 heteroatoms. The van der Waals surface area contributed by atoms with Crippen LogP contribution in [0.3, 0.4) is 0 Å². The molecule has 24 heavy (non-hydrogen) atoms. The fourth-order valence-electron chi connectivity index (χ4n) is 2.65. The van der Waals surface area contributed by atoms with Crippen molar-refractivity contribution in [2.45, 2.75) is 40.7 Å². The Morgan fingerprint density at radius 3 is 2.38 bits per heavy atom. The van der Waals surface area contributed by atoms with Crippen molar-refractivity contribution in [3.8, 4) is 5.75 Å². The van der Waals surface area contributed by atoms with Crippen LogP contribution in [0.15, 0.2) is 29.1 Å². The molecule has 1 aromatic carbocycles. The van der Waals surface area contributed by atoms with E-state index in [1.54, 1.807) is 0 Å². The summed E-state index contributed by atoms with van der Waals surface area (Å²) in [6.07, 6.45) is 0.246. The maximum Gasteiger partial charge on any atom is 0.253 e. The molecular formula is C19H24N2O3.